The van der Waals surface area contributed by atoms with Crippen LogP contribution in [0.4, 0.5) is 5.82 Å². The average Bonchev–Trinajstić information content (AvgIpc) is 3.29. The number of hydrogen-bond donors (Lipinski definition) is 3. The molecule has 3 heterocycles. The molecule has 3 aromatic rings. The second-order valence-corrected chi connectivity index (χ2v) is 6.37. The third-order valence-corrected chi connectivity index (χ3v) is 4.65. The SMILES string of the molecule is COc1cccc(CNc2ncnc3c2ncn3[C@H]2CC(O)[C@@H](CO)O2)c1. The second-order valence-electron chi connectivity index (χ2n) is 6.37. The first kappa shape index (κ1) is 17.7. The van der Waals surface area contributed by atoms with Crippen molar-refractivity contribution in [3.63, 3.8) is 0 Å². The van der Waals surface area contributed by atoms with E-state index in [9.17, 15) is 10.2 Å². The summed E-state index contributed by atoms with van der Waals surface area (Å²) in [5, 5.41) is 22.5. The van der Waals surface area contributed by atoms with Crippen molar-refractivity contribution in [2.45, 2.75) is 31.4 Å². The Kier molecular flexibility index (Phi) is 4.88. The molecule has 0 radical (unpaired) electrons. The van der Waals surface area contributed by atoms with Crippen LogP contribution in [0.25, 0.3) is 11.2 Å². The highest BCUT2D eigenvalue weighted by molar-refractivity contribution is 5.82. The molecule has 3 N–H and O–H groups in total. The van der Waals surface area contributed by atoms with Crippen LogP contribution in [0, 0.1) is 0 Å². The van der Waals surface area contributed by atoms with Crippen LogP contribution in [0.15, 0.2) is 36.9 Å². The summed E-state index contributed by atoms with van der Waals surface area (Å²) in [7, 11) is 1.64. The zero-order chi connectivity index (χ0) is 18.8. The predicted molar refractivity (Wildman–Crippen MR) is 97.3 cm³/mol. The molecule has 0 amide bonds. The van der Waals surface area contributed by atoms with E-state index in [1.54, 1.807) is 18.0 Å². The fourth-order valence-corrected chi connectivity index (χ4v) is 3.21. The summed E-state index contributed by atoms with van der Waals surface area (Å²) in [6, 6.07) is 7.77. The average molecular weight is 371 g/mol. The van der Waals surface area contributed by atoms with Gasteiger partial charge in [0.25, 0.3) is 0 Å². The lowest BCUT2D eigenvalue weighted by Gasteiger charge is -2.13. The molecule has 0 saturated carbocycles. The maximum absolute atomic E-state index is 9.96. The van der Waals surface area contributed by atoms with Crippen LogP contribution in [0.1, 0.15) is 18.2 Å². The lowest BCUT2D eigenvalue weighted by Crippen LogP contribution is -2.24. The van der Waals surface area contributed by atoms with Crippen molar-refractivity contribution < 1.29 is 19.7 Å². The third-order valence-electron chi connectivity index (χ3n) is 4.65. The molecule has 1 fully saturated rings. The number of aliphatic hydroxyl groups is 2. The highest BCUT2D eigenvalue weighted by Crippen LogP contribution is 2.31. The molecule has 9 heteroatoms. The molecule has 0 spiro atoms. The number of aromatic nitrogens is 4. The van der Waals surface area contributed by atoms with E-state index >= 15 is 0 Å². The maximum atomic E-state index is 9.96. The zero-order valence-electron chi connectivity index (χ0n) is 14.8. The Balaban J connectivity index is 1.55. The normalized spacial score (nSPS) is 22.3. The van der Waals surface area contributed by atoms with Crippen LogP contribution in [0.5, 0.6) is 5.75 Å². The van der Waals surface area contributed by atoms with Gasteiger partial charge in [0.2, 0.25) is 0 Å². The van der Waals surface area contributed by atoms with Crippen LogP contribution in [0.3, 0.4) is 0 Å². The molecule has 2 aromatic heterocycles. The molecule has 9 nitrogen and oxygen atoms in total. The number of nitrogens with zero attached hydrogens (tertiary/aromatic N) is 4. The molecular weight excluding hydrogens is 350 g/mol. The lowest BCUT2D eigenvalue weighted by atomic mass is 10.2. The van der Waals surface area contributed by atoms with Gasteiger partial charge in [-0.25, -0.2) is 15.0 Å². The van der Waals surface area contributed by atoms with Crippen LogP contribution >= 0.6 is 0 Å². The second kappa shape index (κ2) is 7.47. The Labute approximate surface area is 155 Å². The van der Waals surface area contributed by atoms with Gasteiger partial charge in [-0.2, -0.15) is 0 Å². The van der Waals surface area contributed by atoms with Crippen LogP contribution < -0.4 is 10.1 Å². The number of ether oxygens (including phenoxy) is 2. The van der Waals surface area contributed by atoms with E-state index in [4.69, 9.17) is 9.47 Å². The van der Waals surface area contributed by atoms with Crippen LogP contribution in [-0.4, -0.2) is 55.7 Å². The smallest absolute Gasteiger partial charge is 0.167 e. The van der Waals surface area contributed by atoms with Crippen LogP contribution in [0.2, 0.25) is 0 Å². The first-order valence-corrected chi connectivity index (χ1v) is 8.68. The molecule has 1 unspecified atom stereocenters. The predicted octanol–water partition coefficient (Wildman–Crippen LogP) is 1.09. The Bertz CT molecular complexity index is 931. The standard InChI is InChI=1S/C18H21N5O4/c1-26-12-4-2-3-11(5-12)7-19-17-16-18(21-9-20-17)23(10-22-16)15-6-13(25)14(8-24)27-15/h2-5,9-10,13-15,24-25H,6-8H2,1H3,(H,19,20,21)/t13?,14-,15-/m1/s1. The number of rotatable bonds is 6. The summed E-state index contributed by atoms with van der Waals surface area (Å²) in [6.07, 6.45) is 1.71. The third kappa shape index (κ3) is 3.44. The number of anilines is 1. The van der Waals surface area contributed by atoms with Crippen molar-refractivity contribution in [2.24, 2.45) is 0 Å². The molecule has 27 heavy (non-hydrogen) atoms. The number of aliphatic hydroxyl groups excluding tert-OH is 2. The van der Waals surface area contributed by atoms with Gasteiger partial charge in [0, 0.05) is 13.0 Å². The molecule has 1 saturated heterocycles. The van der Waals surface area contributed by atoms with Crippen molar-refractivity contribution in [1.29, 1.82) is 0 Å². The van der Waals surface area contributed by atoms with E-state index in [1.165, 1.54) is 6.33 Å². The number of hydrogen-bond acceptors (Lipinski definition) is 8. The summed E-state index contributed by atoms with van der Waals surface area (Å²) in [5.74, 6) is 1.40. The van der Waals surface area contributed by atoms with Gasteiger partial charge in [-0.15, -0.1) is 0 Å². The van der Waals surface area contributed by atoms with Crippen molar-refractivity contribution >= 4 is 17.0 Å². The van der Waals surface area contributed by atoms with E-state index in [-0.39, 0.29) is 6.61 Å². The maximum Gasteiger partial charge on any atom is 0.167 e. The molecule has 1 aliphatic rings. The molecule has 4 rings (SSSR count). The largest absolute Gasteiger partial charge is 0.497 e. The van der Waals surface area contributed by atoms with Crippen LogP contribution in [-0.2, 0) is 11.3 Å². The molecule has 1 aliphatic heterocycles. The van der Waals surface area contributed by atoms with E-state index in [2.05, 4.69) is 20.3 Å². The molecule has 1 aromatic carbocycles. The minimum Gasteiger partial charge on any atom is -0.497 e. The monoisotopic (exact) mass is 371 g/mol. The topological polar surface area (TPSA) is 115 Å². The number of nitrogens with one attached hydrogen (secondary N) is 1. The highest BCUT2D eigenvalue weighted by Gasteiger charge is 2.35. The molecule has 0 bridgehead atoms. The Morgan fingerprint density at radius 2 is 2.22 bits per heavy atom. The Hall–Kier alpha value is -2.75. The molecule has 3 atom stereocenters. The summed E-state index contributed by atoms with van der Waals surface area (Å²) in [4.78, 5) is 13.0. The van der Waals surface area contributed by atoms with Crippen molar-refractivity contribution in [3.8, 4) is 5.75 Å². The van der Waals surface area contributed by atoms with Crippen molar-refractivity contribution in [2.75, 3.05) is 19.0 Å². The van der Waals surface area contributed by atoms with E-state index in [0.717, 1.165) is 11.3 Å². The molecule has 0 aliphatic carbocycles. The van der Waals surface area contributed by atoms with Gasteiger partial charge < -0.3 is 25.0 Å². The van der Waals surface area contributed by atoms with Gasteiger partial charge in [-0.3, -0.25) is 4.57 Å². The van der Waals surface area contributed by atoms with E-state index in [1.807, 2.05) is 24.3 Å². The first-order chi connectivity index (χ1) is 13.2. The van der Waals surface area contributed by atoms with Gasteiger partial charge in [-0.1, -0.05) is 12.1 Å². The number of imidazole rings is 1. The van der Waals surface area contributed by atoms with E-state index in [0.29, 0.717) is 29.9 Å². The lowest BCUT2D eigenvalue weighted by molar-refractivity contribution is -0.0432. The van der Waals surface area contributed by atoms with E-state index < -0.39 is 18.4 Å². The highest BCUT2D eigenvalue weighted by atomic mass is 16.5. The summed E-state index contributed by atoms with van der Waals surface area (Å²) >= 11 is 0. The van der Waals surface area contributed by atoms with Gasteiger partial charge in [0.15, 0.2) is 17.0 Å². The van der Waals surface area contributed by atoms with Gasteiger partial charge in [-0.05, 0) is 17.7 Å². The Morgan fingerprint density at radius 1 is 1.33 bits per heavy atom. The quantitative estimate of drug-likeness (QED) is 0.590. The summed E-state index contributed by atoms with van der Waals surface area (Å²) in [6.45, 7) is 0.327. The minimum absolute atomic E-state index is 0.230. The number of benzene rings is 1. The summed E-state index contributed by atoms with van der Waals surface area (Å²) < 4.78 is 12.7. The van der Waals surface area contributed by atoms with Gasteiger partial charge in [0.1, 0.15) is 24.4 Å². The zero-order valence-corrected chi connectivity index (χ0v) is 14.8. The van der Waals surface area contributed by atoms with Gasteiger partial charge in [0.05, 0.1) is 26.1 Å². The molecular formula is C18H21N5O4. The number of fused-ring (bicyclic) bond motifs is 1. The minimum atomic E-state index is -0.718. The van der Waals surface area contributed by atoms with Crippen molar-refractivity contribution in [3.05, 3.63) is 42.5 Å². The fraction of sp³-hybridized carbons (Fsp3) is 0.389. The number of methoxy groups -OCH3 is 1. The first-order valence-electron chi connectivity index (χ1n) is 8.68. The summed E-state index contributed by atoms with van der Waals surface area (Å²) in [5.41, 5.74) is 2.27. The Morgan fingerprint density at radius 3 is 3.00 bits per heavy atom. The van der Waals surface area contributed by atoms with Gasteiger partial charge >= 0.3 is 0 Å². The molecule has 142 valence electrons. The fourth-order valence-electron chi connectivity index (χ4n) is 3.21. The van der Waals surface area contributed by atoms with Crippen molar-refractivity contribution in [1.82, 2.24) is 19.5 Å².